The molecule has 0 saturated heterocycles. The van der Waals surface area contributed by atoms with Crippen molar-refractivity contribution in [3.63, 3.8) is 0 Å². The van der Waals surface area contributed by atoms with Gasteiger partial charge in [0.15, 0.2) is 0 Å². The standard InChI is InChI=1S/C6H9N5/c1-2-3-4-6(5-7)8-10-11-9-6/h2-4H2,1H3. The molecular weight excluding hydrogens is 142 g/mol. The summed E-state index contributed by atoms with van der Waals surface area (Å²) >= 11 is 0. The van der Waals surface area contributed by atoms with Gasteiger partial charge in [0.2, 0.25) is 0 Å². The van der Waals surface area contributed by atoms with Crippen LogP contribution in [0.3, 0.4) is 0 Å². The zero-order chi connectivity index (χ0) is 8.16. The largest absolute Gasteiger partial charge is 0.279 e. The SMILES string of the molecule is CCCCC1(C#N)N=NN=N1. The molecule has 5 heteroatoms. The molecule has 0 aromatic rings. The minimum absolute atomic E-state index is 0.618. The fourth-order valence-electron chi connectivity index (χ4n) is 0.832. The van der Waals surface area contributed by atoms with Crippen molar-refractivity contribution < 1.29 is 0 Å². The van der Waals surface area contributed by atoms with Crippen LogP contribution in [0.4, 0.5) is 0 Å². The first-order valence-electron chi connectivity index (χ1n) is 3.58. The highest BCUT2D eigenvalue weighted by molar-refractivity contribution is 5.04. The van der Waals surface area contributed by atoms with E-state index in [1.807, 2.05) is 13.0 Å². The van der Waals surface area contributed by atoms with E-state index in [9.17, 15) is 0 Å². The van der Waals surface area contributed by atoms with E-state index < -0.39 is 5.66 Å². The molecule has 0 fully saturated rings. The predicted octanol–water partition coefficient (Wildman–Crippen LogP) is 2.23. The van der Waals surface area contributed by atoms with Crippen LogP contribution in [0, 0.1) is 11.3 Å². The van der Waals surface area contributed by atoms with Crippen molar-refractivity contribution in [3.8, 4) is 6.07 Å². The molecule has 0 radical (unpaired) electrons. The Morgan fingerprint density at radius 1 is 1.36 bits per heavy atom. The number of hydrogen-bond acceptors (Lipinski definition) is 5. The fraction of sp³-hybridized carbons (Fsp3) is 0.833. The highest BCUT2D eigenvalue weighted by atomic mass is 15.6. The van der Waals surface area contributed by atoms with Crippen LogP contribution in [0.25, 0.3) is 0 Å². The molecule has 0 bridgehead atoms. The van der Waals surface area contributed by atoms with E-state index in [2.05, 4.69) is 20.7 Å². The van der Waals surface area contributed by atoms with Gasteiger partial charge >= 0.3 is 0 Å². The smallest absolute Gasteiger partial charge is 0.193 e. The van der Waals surface area contributed by atoms with Crippen LogP contribution in [0.5, 0.6) is 0 Å². The predicted molar refractivity (Wildman–Crippen MR) is 37.6 cm³/mol. The van der Waals surface area contributed by atoms with Gasteiger partial charge in [-0.25, -0.2) is 0 Å². The van der Waals surface area contributed by atoms with Gasteiger partial charge in [-0.15, -0.1) is 10.2 Å². The molecule has 0 N–H and O–H groups in total. The normalized spacial score (nSPS) is 18.5. The number of nitrogens with zero attached hydrogens (tertiary/aromatic N) is 5. The van der Waals surface area contributed by atoms with Crippen LogP contribution in [0.1, 0.15) is 26.2 Å². The van der Waals surface area contributed by atoms with Gasteiger partial charge in [-0.1, -0.05) is 13.3 Å². The Kier molecular flexibility index (Phi) is 2.26. The van der Waals surface area contributed by atoms with E-state index in [1.54, 1.807) is 0 Å². The highest BCUT2D eigenvalue weighted by Gasteiger charge is 2.31. The topological polar surface area (TPSA) is 73.2 Å². The molecule has 0 aromatic heterocycles. The van der Waals surface area contributed by atoms with Gasteiger partial charge in [0.25, 0.3) is 5.66 Å². The average Bonchev–Trinajstić information content (AvgIpc) is 2.50. The maximum Gasteiger partial charge on any atom is 0.279 e. The summed E-state index contributed by atoms with van der Waals surface area (Å²) in [5.74, 6) is 0. The van der Waals surface area contributed by atoms with Crippen molar-refractivity contribution in [1.82, 2.24) is 0 Å². The van der Waals surface area contributed by atoms with Gasteiger partial charge in [-0.3, -0.25) is 0 Å². The molecule has 58 valence electrons. The molecule has 0 aromatic carbocycles. The lowest BCUT2D eigenvalue weighted by Gasteiger charge is -2.07. The molecule has 5 nitrogen and oxygen atoms in total. The summed E-state index contributed by atoms with van der Waals surface area (Å²) in [6, 6.07) is 1.99. The van der Waals surface area contributed by atoms with Gasteiger partial charge in [-0.2, -0.15) is 5.26 Å². The zero-order valence-electron chi connectivity index (χ0n) is 6.36. The summed E-state index contributed by atoms with van der Waals surface area (Å²) in [4.78, 5) is 0. The van der Waals surface area contributed by atoms with Crippen LogP contribution < -0.4 is 0 Å². The molecule has 0 amide bonds. The van der Waals surface area contributed by atoms with Crippen LogP contribution >= 0.6 is 0 Å². The van der Waals surface area contributed by atoms with E-state index in [-0.39, 0.29) is 0 Å². The summed E-state index contributed by atoms with van der Waals surface area (Å²) < 4.78 is 0. The lowest BCUT2D eigenvalue weighted by Crippen LogP contribution is -2.17. The summed E-state index contributed by atoms with van der Waals surface area (Å²) in [5.41, 5.74) is -0.990. The van der Waals surface area contributed by atoms with Crippen molar-refractivity contribution in [3.05, 3.63) is 0 Å². The second-order valence-electron chi connectivity index (χ2n) is 2.41. The maximum atomic E-state index is 8.69. The van der Waals surface area contributed by atoms with Crippen LogP contribution in [0.15, 0.2) is 20.7 Å². The van der Waals surface area contributed by atoms with E-state index in [4.69, 9.17) is 5.26 Å². The first-order chi connectivity index (χ1) is 5.33. The molecule has 0 atom stereocenters. The Balaban J connectivity index is 2.57. The number of unbranched alkanes of at least 4 members (excludes halogenated alkanes) is 1. The fourth-order valence-corrected chi connectivity index (χ4v) is 0.832. The van der Waals surface area contributed by atoms with Crippen LogP contribution in [0.2, 0.25) is 0 Å². The quantitative estimate of drug-likeness (QED) is 0.609. The molecule has 1 rings (SSSR count). The van der Waals surface area contributed by atoms with Crippen LogP contribution in [-0.4, -0.2) is 5.66 Å². The van der Waals surface area contributed by atoms with Crippen molar-refractivity contribution in [2.24, 2.45) is 20.7 Å². The van der Waals surface area contributed by atoms with Crippen LogP contribution in [-0.2, 0) is 0 Å². The molecule has 11 heavy (non-hydrogen) atoms. The lowest BCUT2D eigenvalue weighted by atomic mass is 10.1. The van der Waals surface area contributed by atoms with E-state index in [1.165, 1.54) is 0 Å². The summed E-state index contributed by atoms with van der Waals surface area (Å²) in [7, 11) is 0. The maximum absolute atomic E-state index is 8.69. The second kappa shape index (κ2) is 3.19. The highest BCUT2D eigenvalue weighted by Crippen LogP contribution is 2.25. The number of rotatable bonds is 3. The van der Waals surface area contributed by atoms with Gasteiger partial charge in [0, 0.05) is 6.42 Å². The Morgan fingerprint density at radius 2 is 2.00 bits per heavy atom. The van der Waals surface area contributed by atoms with Gasteiger partial charge in [0.1, 0.15) is 6.07 Å². The number of nitriles is 1. The molecule has 0 aliphatic carbocycles. The zero-order valence-corrected chi connectivity index (χ0v) is 6.36. The van der Waals surface area contributed by atoms with Gasteiger partial charge in [0.05, 0.1) is 0 Å². The molecule has 1 aliphatic heterocycles. The summed E-state index contributed by atoms with van der Waals surface area (Å²) in [5, 5.41) is 22.6. The summed E-state index contributed by atoms with van der Waals surface area (Å²) in [6.07, 6.45) is 2.56. The second-order valence-corrected chi connectivity index (χ2v) is 2.41. The van der Waals surface area contributed by atoms with Crippen molar-refractivity contribution in [1.29, 1.82) is 5.26 Å². The number of hydrogen-bond donors (Lipinski definition) is 0. The lowest BCUT2D eigenvalue weighted by molar-refractivity contribution is 0.493. The molecule has 0 unspecified atom stereocenters. The molecule has 1 heterocycles. The van der Waals surface area contributed by atoms with E-state index >= 15 is 0 Å². The first-order valence-corrected chi connectivity index (χ1v) is 3.58. The molecule has 1 aliphatic rings. The van der Waals surface area contributed by atoms with Crippen molar-refractivity contribution in [2.45, 2.75) is 31.8 Å². The third kappa shape index (κ3) is 1.58. The van der Waals surface area contributed by atoms with E-state index in [0.717, 1.165) is 12.8 Å². The molecule has 0 saturated carbocycles. The summed E-state index contributed by atoms with van der Waals surface area (Å²) in [6.45, 7) is 2.05. The van der Waals surface area contributed by atoms with Gasteiger partial charge < -0.3 is 0 Å². The monoisotopic (exact) mass is 151 g/mol. The third-order valence-corrected chi connectivity index (χ3v) is 1.52. The molecule has 0 spiro atoms. The van der Waals surface area contributed by atoms with E-state index in [0.29, 0.717) is 6.42 Å². The Labute approximate surface area is 64.8 Å². The van der Waals surface area contributed by atoms with Gasteiger partial charge in [-0.05, 0) is 16.9 Å². The minimum atomic E-state index is -0.990. The molecular formula is C6H9N5. The van der Waals surface area contributed by atoms with Crippen molar-refractivity contribution in [2.75, 3.05) is 0 Å². The minimum Gasteiger partial charge on any atom is -0.193 e. The Morgan fingerprint density at radius 3 is 2.45 bits per heavy atom. The average molecular weight is 151 g/mol. The Bertz CT molecular complexity index is 212. The Hall–Kier alpha value is -1.31. The first kappa shape index (κ1) is 7.79. The third-order valence-electron chi connectivity index (χ3n) is 1.52. The van der Waals surface area contributed by atoms with Crippen molar-refractivity contribution >= 4 is 0 Å².